The molecule has 3 fully saturated rings. The highest BCUT2D eigenvalue weighted by Gasteiger charge is 2.44. The Kier molecular flexibility index (Phi) is 7.68. The number of alkyl halides is 2. The molecule has 212 valence electrons. The molecule has 1 saturated heterocycles. The molecule has 3 N–H and O–H groups in total. The number of benzene rings is 1. The van der Waals surface area contributed by atoms with Crippen LogP contribution in [0, 0.1) is 9.93 Å². The Morgan fingerprint density at radius 3 is 2.44 bits per heavy atom. The maximum absolute atomic E-state index is 13.6. The fourth-order valence-electron chi connectivity index (χ4n) is 5.45. The minimum Gasteiger partial charge on any atom is -0.395 e. The first-order chi connectivity index (χ1) is 18.5. The Balaban J connectivity index is 1.39. The van der Waals surface area contributed by atoms with E-state index in [9.17, 15) is 22.0 Å². The number of amides is 1. The average Bonchev–Trinajstić information content (AvgIpc) is 3.64. The summed E-state index contributed by atoms with van der Waals surface area (Å²) in [6.45, 7) is 1.10. The predicted molar refractivity (Wildman–Crippen MR) is 148 cm³/mol. The quantitative estimate of drug-likeness (QED) is 0.386. The number of hydrogen-bond donors (Lipinski definition) is 3. The van der Waals surface area contributed by atoms with Crippen LogP contribution in [0.2, 0.25) is 0 Å². The Bertz CT molecular complexity index is 1390. The van der Waals surface area contributed by atoms with Crippen LogP contribution in [0.5, 0.6) is 0 Å². The molecule has 1 spiro atoms. The minimum absolute atomic E-state index is 0.219. The maximum Gasteiger partial charge on any atom is 0.255 e. The van der Waals surface area contributed by atoms with Crippen molar-refractivity contribution in [1.29, 1.82) is 0 Å². The van der Waals surface area contributed by atoms with E-state index < -0.39 is 34.2 Å². The number of halogens is 2. The zero-order chi connectivity index (χ0) is 27.8. The number of carbonyl (C=O) groups excluding carboxylic acids is 1. The number of aliphatic hydroxyl groups excluding tert-OH is 1. The summed E-state index contributed by atoms with van der Waals surface area (Å²) in [6, 6.07) is 4.65. The molecule has 0 radical (unpaired) electrons. The number of aliphatic hydroxyl groups is 1. The van der Waals surface area contributed by atoms with Crippen molar-refractivity contribution in [3.8, 4) is 0 Å². The number of carbonyl (C=O) groups is 1. The van der Waals surface area contributed by atoms with Crippen LogP contribution in [-0.2, 0) is 10.0 Å². The maximum atomic E-state index is 13.6. The van der Waals surface area contributed by atoms with Crippen molar-refractivity contribution < 1.29 is 27.1 Å². The highest BCUT2D eigenvalue weighted by atomic mass is 32.2. The van der Waals surface area contributed by atoms with E-state index in [0.29, 0.717) is 15.6 Å². The zero-order valence-electron chi connectivity index (χ0n) is 21.5. The van der Waals surface area contributed by atoms with E-state index in [1.807, 2.05) is 0 Å². The summed E-state index contributed by atoms with van der Waals surface area (Å²) >= 11 is 5.37. The van der Waals surface area contributed by atoms with Crippen molar-refractivity contribution in [2.45, 2.75) is 63.3 Å². The molecule has 3 aliphatic rings. The number of sulfonamides is 1. The Morgan fingerprint density at radius 1 is 1.10 bits per heavy atom. The van der Waals surface area contributed by atoms with Gasteiger partial charge in [-0.05, 0) is 62.1 Å². The van der Waals surface area contributed by atoms with Gasteiger partial charge in [0.15, 0.2) is 0 Å². The van der Waals surface area contributed by atoms with Gasteiger partial charge in [0.05, 0.1) is 40.5 Å². The van der Waals surface area contributed by atoms with E-state index in [4.69, 9.17) is 17.3 Å². The normalized spacial score (nSPS) is 20.5. The molecule has 0 atom stereocenters. The van der Waals surface area contributed by atoms with Gasteiger partial charge in [0, 0.05) is 43.4 Å². The van der Waals surface area contributed by atoms with Crippen LogP contribution >= 0.6 is 12.2 Å². The summed E-state index contributed by atoms with van der Waals surface area (Å²) in [5, 5.41) is 16.2. The molecule has 39 heavy (non-hydrogen) atoms. The molecule has 2 aliphatic carbocycles. The molecule has 1 aliphatic heterocycles. The van der Waals surface area contributed by atoms with Gasteiger partial charge in [0.25, 0.3) is 5.91 Å². The lowest BCUT2D eigenvalue weighted by Crippen LogP contribution is -2.34. The second-order valence-corrected chi connectivity index (χ2v) is 13.3. The molecule has 0 bridgehead atoms. The van der Waals surface area contributed by atoms with Crippen molar-refractivity contribution in [3.05, 3.63) is 40.7 Å². The van der Waals surface area contributed by atoms with E-state index >= 15 is 0 Å². The second-order valence-electron chi connectivity index (χ2n) is 11.0. The summed E-state index contributed by atoms with van der Waals surface area (Å²) in [5.41, 5.74) is 1.96. The number of nitrogens with zero attached hydrogens (tertiary/aromatic N) is 3. The molecule has 13 heteroatoms. The Labute approximate surface area is 231 Å². The van der Waals surface area contributed by atoms with Crippen molar-refractivity contribution in [2.75, 3.05) is 40.4 Å². The van der Waals surface area contributed by atoms with Gasteiger partial charge in [-0.15, -0.1) is 0 Å². The fraction of sp³-hybridized carbons (Fsp3) is 0.577. The summed E-state index contributed by atoms with van der Waals surface area (Å²) < 4.78 is 56.3. The van der Waals surface area contributed by atoms with Crippen LogP contribution in [0.4, 0.5) is 25.8 Å². The first-order valence-electron chi connectivity index (χ1n) is 13.3. The Morgan fingerprint density at radius 2 is 1.79 bits per heavy atom. The number of aromatic nitrogens is 2. The van der Waals surface area contributed by atoms with Crippen LogP contribution in [0.15, 0.2) is 30.6 Å². The van der Waals surface area contributed by atoms with E-state index in [0.717, 1.165) is 31.6 Å². The van der Waals surface area contributed by atoms with Gasteiger partial charge in [0.2, 0.25) is 15.9 Å². The van der Waals surface area contributed by atoms with E-state index in [2.05, 4.69) is 20.0 Å². The van der Waals surface area contributed by atoms with Gasteiger partial charge >= 0.3 is 0 Å². The van der Waals surface area contributed by atoms with Crippen molar-refractivity contribution >= 4 is 45.2 Å². The van der Waals surface area contributed by atoms with E-state index in [-0.39, 0.29) is 43.0 Å². The number of rotatable bonds is 8. The third kappa shape index (κ3) is 6.75. The summed E-state index contributed by atoms with van der Waals surface area (Å²) in [5.74, 6) is -3.62. The van der Waals surface area contributed by atoms with Crippen LogP contribution in [0.1, 0.15) is 67.8 Å². The molecule has 0 unspecified atom stereocenters. The lowest BCUT2D eigenvalue weighted by atomic mass is 9.92. The van der Waals surface area contributed by atoms with Gasteiger partial charge in [-0.3, -0.25) is 14.2 Å². The van der Waals surface area contributed by atoms with Crippen LogP contribution in [0.3, 0.4) is 0 Å². The Hall–Kier alpha value is -2.64. The molecule has 2 aromatic rings. The summed E-state index contributed by atoms with van der Waals surface area (Å²) in [7, 11) is -3.81. The molecular weight excluding hydrogens is 548 g/mol. The van der Waals surface area contributed by atoms with Gasteiger partial charge in [-0.2, -0.15) is 5.10 Å². The molecule has 5 rings (SSSR count). The second kappa shape index (κ2) is 10.7. The summed E-state index contributed by atoms with van der Waals surface area (Å²) in [6.07, 6.45) is 7.69. The van der Waals surface area contributed by atoms with Crippen molar-refractivity contribution in [3.63, 3.8) is 0 Å². The minimum atomic E-state index is -3.81. The fourth-order valence-corrected chi connectivity index (χ4v) is 6.42. The molecule has 2 saturated carbocycles. The highest BCUT2D eigenvalue weighted by molar-refractivity contribution is 7.92. The van der Waals surface area contributed by atoms with E-state index in [1.165, 1.54) is 25.1 Å². The third-order valence-corrected chi connectivity index (χ3v) is 9.70. The SMILES string of the molecule is O=C(Nc1cn(C2CCC(F)(F)CC2)ncc1=S)c1cc(NS(=O)(=O)CCO)cc(N2CCC3(CC2)CC3)c1. The molecule has 2 heterocycles. The molecule has 1 aromatic carbocycles. The standard InChI is InChI=1S/C26H33F2N5O4S2/c27-26(28)3-1-20(2-4-26)33-17-22(23(38)16-29-33)30-24(35)18-13-19(31-39(36,37)12-11-34)15-21(14-18)32-9-7-25(5-6-25)8-10-32/h13-17,20,31,34H,1-12H2,(H,30,35). The highest BCUT2D eigenvalue weighted by Crippen LogP contribution is 2.54. The van der Waals surface area contributed by atoms with Crippen LogP contribution < -0.4 is 14.9 Å². The van der Waals surface area contributed by atoms with Crippen molar-refractivity contribution in [2.24, 2.45) is 5.41 Å². The van der Waals surface area contributed by atoms with Gasteiger partial charge < -0.3 is 15.3 Å². The predicted octanol–water partition coefficient (Wildman–Crippen LogP) is 4.73. The lowest BCUT2D eigenvalue weighted by molar-refractivity contribution is -0.0451. The van der Waals surface area contributed by atoms with Crippen LogP contribution in [0.25, 0.3) is 0 Å². The number of hydrogen-bond acceptors (Lipinski definition) is 7. The lowest BCUT2D eigenvalue weighted by Gasteiger charge is -2.34. The molecule has 1 aromatic heterocycles. The molecular formula is C26H33F2N5O4S2. The summed E-state index contributed by atoms with van der Waals surface area (Å²) in [4.78, 5) is 15.6. The smallest absolute Gasteiger partial charge is 0.255 e. The number of nitrogens with one attached hydrogen (secondary N) is 2. The first kappa shape index (κ1) is 27.9. The van der Waals surface area contributed by atoms with Crippen LogP contribution in [-0.4, -0.2) is 60.6 Å². The van der Waals surface area contributed by atoms with Gasteiger partial charge in [0.1, 0.15) is 0 Å². The van der Waals surface area contributed by atoms with Gasteiger partial charge in [-0.25, -0.2) is 17.2 Å². The monoisotopic (exact) mass is 581 g/mol. The van der Waals surface area contributed by atoms with E-state index in [1.54, 1.807) is 23.0 Å². The number of piperidine rings is 1. The molecule has 1 amide bonds. The van der Waals surface area contributed by atoms with Gasteiger partial charge in [-0.1, -0.05) is 12.2 Å². The van der Waals surface area contributed by atoms with Crippen molar-refractivity contribution in [1.82, 2.24) is 9.78 Å². The average molecular weight is 582 g/mol. The molecule has 9 nitrogen and oxygen atoms in total. The topological polar surface area (TPSA) is 117 Å². The number of anilines is 3. The first-order valence-corrected chi connectivity index (χ1v) is 15.3. The third-order valence-electron chi connectivity index (χ3n) is 8.10. The largest absolute Gasteiger partial charge is 0.395 e. The zero-order valence-corrected chi connectivity index (χ0v) is 23.2.